The Bertz CT molecular complexity index is 479. The number of likely N-dealkylation sites (N-methyl/N-ethyl adjacent to an activating group) is 1. The summed E-state index contributed by atoms with van der Waals surface area (Å²) in [4.78, 5) is 18.5. The van der Waals surface area contributed by atoms with Gasteiger partial charge in [0.05, 0.1) is 17.8 Å². The minimum absolute atomic E-state index is 0.114. The summed E-state index contributed by atoms with van der Waals surface area (Å²) in [6, 6.07) is 3.43. The molecule has 0 aliphatic heterocycles. The van der Waals surface area contributed by atoms with Crippen molar-refractivity contribution >= 4 is 5.91 Å². The number of nitrogens with one attached hydrogen (secondary N) is 1. The van der Waals surface area contributed by atoms with Crippen molar-refractivity contribution in [3.05, 3.63) is 23.9 Å². The second kappa shape index (κ2) is 10.3. The van der Waals surface area contributed by atoms with Gasteiger partial charge in [-0.15, -0.1) is 0 Å². The Morgan fingerprint density at radius 1 is 1.21 bits per heavy atom. The van der Waals surface area contributed by atoms with Crippen LogP contribution < -0.4 is 10.1 Å². The van der Waals surface area contributed by atoms with Gasteiger partial charge in [0.2, 0.25) is 5.88 Å². The monoisotopic (exact) mass is 337 g/mol. The van der Waals surface area contributed by atoms with Crippen LogP contribution in [0.15, 0.2) is 18.3 Å². The highest BCUT2D eigenvalue weighted by molar-refractivity contribution is 5.93. The van der Waals surface area contributed by atoms with E-state index in [-0.39, 0.29) is 11.5 Å². The van der Waals surface area contributed by atoms with Gasteiger partial charge in [-0.3, -0.25) is 4.79 Å². The molecule has 0 aliphatic carbocycles. The Kier molecular flexibility index (Phi) is 8.71. The van der Waals surface area contributed by atoms with Gasteiger partial charge in [0.15, 0.2) is 0 Å². The molecule has 1 aromatic rings. The van der Waals surface area contributed by atoms with Crippen LogP contribution in [0, 0.1) is 0 Å². The van der Waals surface area contributed by atoms with Crippen LogP contribution in [0.2, 0.25) is 0 Å². The van der Waals surface area contributed by atoms with Gasteiger partial charge in [0.25, 0.3) is 5.91 Å². The lowest BCUT2D eigenvalue weighted by Gasteiger charge is -2.19. The first-order chi connectivity index (χ1) is 11.4. The molecule has 1 rings (SSSR count). The van der Waals surface area contributed by atoms with Gasteiger partial charge in [0, 0.05) is 25.4 Å². The molecule has 0 spiro atoms. The van der Waals surface area contributed by atoms with Crippen LogP contribution in [0.4, 0.5) is 0 Å². The van der Waals surface area contributed by atoms with Crippen LogP contribution in [0.25, 0.3) is 0 Å². The lowest BCUT2D eigenvalue weighted by molar-refractivity contribution is -0.0168. The first kappa shape index (κ1) is 20.4. The van der Waals surface area contributed by atoms with Gasteiger partial charge in [-0.05, 0) is 39.9 Å². The number of carbonyl (C=O) groups is 1. The number of aromatic nitrogens is 1. The van der Waals surface area contributed by atoms with Crippen molar-refractivity contribution in [1.29, 1.82) is 0 Å². The van der Waals surface area contributed by atoms with Gasteiger partial charge in [0.1, 0.15) is 6.61 Å². The first-order valence-electron chi connectivity index (χ1n) is 8.59. The van der Waals surface area contributed by atoms with Crippen molar-refractivity contribution in [2.24, 2.45) is 0 Å². The molecule has 1 heterocycles. The van der Waals surface area contributed by atoms with E-state index in [1.165, 1.54) is 6.20 Å². The van der Waals surface area contributed by atoms with Crippen molar-refractivity contribution in [1.82, 2.24) is 15.2 Å². The van der Waals surface area contributed by atoms with Gasteiger partial charge in [-0.25, -0.2) is 4.98 Å². The molecule has 0 aliphatic rings. The van der Waals surface area contributed by atoms with Crippen LogP contribution in [0.3, 0.4) is 0 Å². The van der Waals surface area contributed by atoms with E-state index in [0.717, 1.165) is 19.6 Å². The normalized spacial score (nSPS) is 11.6. The SMILES string of the molecule is CCN(CC)CCNC(=O)c1ccc(OCCOC(C)(C)C)nc1. The fraction of sp³-hybridized carbons (Fsp3) is 0.667. The molecule has 0 aromatic carbocycles. The highest BCUT2D eigenvalue weighted by atomic mass is 16.5. The van der Waals surface area contributed by atoms with Gasteiger partial charge >= 0.3 is 0 Å². The molecule has 6 heteroatoms. The van der Waals surface area contributed by atoms with Crippen LogP contribution >= 0.6 is 0 Å². The van der Waals surface area contributed by atoms with Crippen molar-refractivity contribution in [3.8, 4) is 5.88 Å². The number of hydrogen-bond donors (Lipinski definition) is 1. The quantitative estimate of drug-likeness (QED) is 0.664. The summed E-state index contributed by atoms with van der Waals surface area (Å²) in [5.41, 5.74) is 0.358. The smallest absolute Gasteiger partial charge is 0.252 e. The number of ether oxygens (including phenoxy) is 2. The van der Waals surface area contributed by atoms with Crippen LogP contribution in [0.5, 0.6) is 5.88 Å². The average Bonchev–Trinajstić information content (AvgIpc) is 2.55. The molecule has 0 atom stereocenters. The van der Waals surface area contributed by atoms with Crippen LogP contribution in [-0.4, -0.2) is 60.8 Å². The third-order valence-corrected chi connectivity index (χ3v) is 3.47. The molecular formula is C18H31N3O3. The molecule has 24 heavy (non-hydrogen) atoms. The minimum Gasteiger partial charge on any atom is -0.475 e. The van der Waals surface area contributed by atoms with E-state index in [2.05, 4.69) is 29.0 Å². The number of nitrogens with zero attached hydrogens (tertiary/aromatic N) is 2. The Morgan fingerprint density at radius 2 is 1.92 bits per heavy atom. The maximum atomic E-state index is 12.1. The van der Waals surface area contributed by atoms with Crippen molar-refractivity contribution in [2.45, 2.75) is 40.2 Å². The van der Waals surface area contributed by atoms with E-state index >= 15 is 0 Å². The third kappa shape index (κ3) is 8.26. The maximum Gasteiger partial charge on any atom is 0.252 e. The fourth-order valence-electron chi connectivity index (χ4n) is 2.06. The standard InChI is InChI=1S/C18H31N3O3/c1-6-21(7-2)11-10-19-17(22)15-8-9-16(20-14-15)23-12-13-24-18(3,4)5/h8-9,14H,6-7,10-13H2,1-5H3,(H,19,22). The lowest BCUT2D eigenvalue weighted by atomic mass is 10.2. The van der Waals surface area contributed by atoms with Crippen LogP contribution in [-0.2, 0) is 4.74 Å². The highest BCUT2D eigenvalue weighted by Crippen LogP contribution is 2.09. The minimum atomic E-state index is -0.177. The molecule has 0 radical (unpaired) electrons. The summed E-state index contributed by atoms with van der Waals surface area (Å²) in [5, 5.41) is 2.91. The molecule has 0 unspecified atom stereocenters. The van der Waals surface area contributed by atoms with E-state index in [1.807, 2.05) is 20.8 Å². The molecule has 6 nitrogen and oxygen atoms in total. The zero-order valence-corrected chi connectivity index (χ0v) is 15.6. The van der Waals surface area contributed by atoms with Crippen LogP contribution in [0.1, 0.15) is 45.0 Å². The number of pyridine rings is 1. The second-order valence-electron chi connectivity index (χ2n) is 6.48. The summed E-state index contributed by atoms with van der Waals surface area (Å²) in [6.45, 7) is 14.6. The van der Waals surface area contributed by atoms with E-state index in [0.29, 0.717) is 31.2 Å². The van der Waals surface area contributed by atoms with E-state index < -0.39 is 0 Å². The molecule has 136 valence electrons. The number of hydrogen-bond acceptors (Lipinski definition) is 5. The number of rotatable bonds is 10. The predicted octanol–water partition coefficient (Wildman–Crippen LogP) is 2.35. The topological polar surface area (TPSA) is 63.7 Å². The van der Waals surface area contributed by atoms with Crippen molar-refractivity contribution in [2.75, 3.05) is 39.4 Å². The third-order valence-electron chi connectivity index (χ3n) is 3.47. The molecule has 0 saturated carbocycles. The average molecular weight is 337 g/mol. The zero-order chi connectivity index (χ0) is 18.0. The molecule has 0 saturated heterocycles. The van der Waals surface area contributed by atoms with Gasteiger partial charge < -0.3 is 19.7 Å². The Hall–Kier alpha value is -1.66. The molecule has 1 aromatic heterocycles. The molecule has 1 N–H and O–H groups in total. The largest absolute Gasteiger partial charge is 0.475 e. The lowest BCUT2D eigenvalue weighted by Crippen LogP contribution is -2.34. The summed E-state index contributed by atoms with van der Waals surface area (Å²) in [5.74, 6) is 0.379. The summed E-state index contributed by atoms with van der Waals surface area (Å²) >= 11 is 0. The Balaban J connectivity index is 2.34. The Morgan fingerprint density at radius 3 is 2.46 bits per heavy atom. The van der Waals surface area contributed by atoms with E-state index in [9.17, 15) is 4.79 Å². The zero-order valence-electron chi connectivity index (χ0n) is 15.6. The maximum absolute atomic E-state index is 12.1. The fourth-order valence-corrected chi connectivity index (χ4v) is 2.06. The number of amides is 1. The highest BCUT2D eigenvalue weighted by Gasteiger charge is 2.10. The molecule has 1 amide bonds. The van der Waals surface area contributed by atoms with E-state index in [1.54, 1.807) is 12.1 Å². The Labute approximate surface area is 145 Å². The first-order valence-corrected chi connectivity index (χ1v) is 8.59. The predicted molar refractivity (Wildman–Crippen MR) is 95.6 cm³/mol. The molecular weight excluding hydrogens is 306 g/mol. The summed E-state index contributed by atoms with van der Waals surface area (Å²) < 4.78 is 11.1. The van der Waals surface area contributed by atoms with Crippen molar-refractivity contribution in [3.63, 3.8) is 0 Å². The second-order valence-corrected chi connectivity index (χ2v) is 6.48. The van der Waals surface area contributed by atoms with Crippen molar-refractivity contribution < 1.29 is 14.3 Å². The van der Waals surface area contributed by atoms with Gasteiger partial charge in [-0.1, -0.05) is 13.8 Å². The van der Waals surface area contributed by atoms with Gasteiger partial charge in [-0.2, -0.15) is 0 Å². The molecule has 0 fully saturated rings. The number of carbonyl (C=O) groups excluding carboxylic acids is 1. The summed E-state index contributed by atoms with van der Waals surface area (Å²) in [7, 11) is 0. The molecule has 0 bridgehead atoms. The summed E-state index contributed by atoms with van der Waals surface area (Å²) in [6.07, 6.45) is 1.53. The van der Waals surface area contributed by atoms with E-state index in [4.69, 9.17) is 9.47 Å².